The van der Waals surface area contributed by atoms with Crippen LogP contribution in [0.25, 0.3) is 33.3 Å². The highest BCUT2D eigenvalue weighted by Crippen LogP contribution is 2.38. The molecular formula is C46H44N8O6. The predicted molar refractivity (Wildman–Crippen MR) is 221 cm³/mol. The van der Waals surface area contributed by atoms with Crippen LogP contribution in [0.2, 0.25) is 0 Å². The minimum atomic E-state index is -0.679. The molecule has 4 aliphatic heterocycles. The first kappa shape index (κ1) is 38.8. The maximum Gasteiger partial charge on any atom is 0.269 e. The van der Waals surface area contributed by atoms with Gasteiger partial charge >= 0.3 is 0 Å². The van der Waals surface area contributed by atoms with Crippen molar-refractivity contribution in [2.75, 3.05) is 26.3 Å². The molecule has 2 N–H and O–H groups in total. The quantitative estimate of drug-likeness (QED) is 0.128. The molecule has 0 spiro atoms. The maximum atomic E-state index is 13.1. The zero-order valence-corrected chi connectivity index (χ0v) is 33.3. The van der Waals surface area contributed by atoms with Gasteiger partial charge in [-0.3, -0.25) is 43.9 Å². The van der Waals surface area contributed by atoms with Crippen molar-refractivity contribution in [1.29, 1.82) is 0 Å². The summed E-state index contributed by atoms with van der Waals surface area (Å²) in [6.07, 6.45) is 7.75. The number of hydrogen-bond donors (Lipinski definition) is 2. The second-order valence-corrected chi connectivity index (χ2v) is 15.7. The van der Waals surface area contributed by atoms with Gasteiger partial charge in [-0.05, 0) is 67.0 Å². The number of carbonyl (C=O) groups excluding carboxylic acids is 5. The number of benzene rings is 2. The Hall–Kier alpha value is -6.72. The lowest BCUT2D eigenvalue weighted by Crippen LogP contribution is -2.52. The minimum Gasteiger partial charge on any atom is -0.381 e. The summed E-state index contributed by atoms with van der Waals surface area (Å²) in [7, 11) is 0. The Morgan fingerprint density at radius 1 is 0.933 bits per heavy atom. The van der Waals surface area contributed by atoms with Gasteiger partial charge in [0.25, 0.3) is 11.8 Å². The molecule has 5 amide bonds. The van der Waals surface area contributed by atoms with Gasteiger partial charge in [0, 0.05) is 117 Å². The highest BCUT2D eigenvalue weighted by Gasteiger charge is 2.40. The zero-order valence-electron chi connectivity index (χ0n) is 33.3. The Bertz CT molecular complexity index is 2620. The van der Waals surface area contributed by atoms with Crippen molar-refractivity contribution in [3.8, 4) is 34.4 Å². The number of aromatic nitrogens is 4. The average molecular weight is 805 g/mol. The molecule has 2 fully saturated rings. The fourth-order valence-electron chi connectivity index (χ4n) is 8.71. The van der Waals surface area contributed by atoms with Crippen LogP contribution in [0.15, 0.2) is 67.0 Å². The zero-order chi connectivity index (χ0) is 41.3. The van der Waals surface area contributed by atoms with Gasteiger partial charge in [-0.2, -0.15) is 5.10 Å². The largest absolute Gasteiger partial charge is 0.381 e. The molecule has 4 aliphatic rings. The van der Waals surface area contributed by atoms with E-state index in [9.17, 15) is 24.0 Å². The van der Waals surface area contributed by atoms with Gasteiger partial charge in [-0.25, -0.2) is 0 Å². The first-order chi connectivity index (χ1) is 29.2. The molecule has 2 saturated heterocycles. The standard InChI is InChI=1S/C46H44N8O6/c1-28(55)52-20-16-40-37(26-52)43(51-54(40)32-17-21-60-22-18-32)33-10-6-9-30-23-39(49-25-35(30)33)31-12-13-38(48-24-31)44(57)47-19-4-2-3-7-29-8-5-11-34-36(29)27-53(46(34)59)41-14-15-42(56)50-45(41)58/h5-6,8-13,23-25,32,41H,2,4,14-22,26-27H2,1H3,(H,47,57)(H,50,56,58). The van der Waals surface area contributed by atoms with Crippen molar-refractivity contribution in [3.05, 3.63) is 101 Å². The normalized spacial score (nSPS) is 17.8. The molecular weight excluding hydrogens is 761 g/mol. The smallest absolute Gasteiger partial charge is 0.269 e. The fourth-order valence-corrected chi connectivity index (χ4v) is 8.71. The molecule has 0 bridgehead atoms. The number of unbranched alkanes of at least 4 members (excludes halogenated alkanes) is 1. The lowest BCUT2D eigenvalue weighted by molar-refractivity contribution is -0.137. The number of pyridine rings is 2. The summed E-state index contributed by atoms with van der Waals surface area (Å²) in [4.78, 5) is 75.2. The third-order valence-electron chi connectivity index (χ3n) is 11.9. The van der Waals surface area contributed by atoms with Crippen LogP contribution in [-0.2, 0) is 38.6 Å². The molecule has 2 aromatic carbocycles. The van der Waals surface area contributed by atoms with Gasteiger partial charge < -0.3 is 19.9 Å². The molecule has 1 unspecified atom stereocenters. The van der Waals surface area contributed by atoms with Crippen molar-refractivity contribution < 1.29 is 28.7 Å². The van der Waals surface area contributed by atoms with Crippen molar-refractivity contribution in [2.45, 2.75) is 77.0 Å². The topological polar surface area (TPSA) is 169 Å². The number of carbonyl (C=O) groups is 5. The fraction of sp³-hybridized carbons (Fsp3) is 0.348. The highest BCUT2D eigenvalue weighted by atomic mass is 16.5. The van der Waals surface area contributed by atoms with E-state index >= 15 is 0 Å². The van der Waals surface area contributed by atoms with Crippen LogP contribution < -0.4 is 10.6 Å². The molecule has 0 aliphatic carbocycles. The van der Waals surface area contributed by atoms with Gasteiger partial charge in [0.05, 0.1) is 17.4 Å². The first-order valence-electron chi connectivity index (χ1n) is 20.6. The van der Waals surface area contributed by atoms with Crippen LogP contribution >= 0.6 is 0 Å². The Labute approximate surface area is 346 Å². The van der Waals surface area contributed by atoms with Crippen LogP contribution in [0.3, 0.4) is 0 Å². The summed E-state index contributed by atoms with van der Waals surface area (Å²) in [5, 5.41) is 12.4. The van der Waals surface area contributed by atoms with Crippen LogP contribution in [0.4, 0.5) is 0 Å². The number of nitrogens with one attached hydrogen (secondary N) is 2. The number of ether oxygens (including phenoxy) is 1. The summed E-state index contributed by atoms with van der Waals surface area (Å²) in [6.45, 7) is 4.93. The number of piperidine rings is 1. The summed E-state index contributed by atoms with van der Waals surface area (Å²) in [5.41, 5.74) is 8.00. The number of imide groups is 1. The van der Waals surface area contributed by atoms with E-state index in [2.05, 4.69) is 44.3 Å². The molecule has 0 saturated carbocycles. The predicted octanol–water partition coefficient (Wildman–Crippen LogP) is 4.74. The van der Waals surface area contributed by atoms with E-state index in [1.54, 1.807) is 31.3 Å². The number of nitrogens with zero attached hydrogens (tertiary/aromatic N) is 6. The summed E-state index contributed by atoms with van der Waals surface area (Å²) in [5.74, 6) is 5.09. The molecule has 304 valence electrons. The van der Waals surface area contributed by atoms with Crippen LogP contribution in [-0.4, -0.2) is 91.4 Å². The van der Waals surface area contributed by atoms with Crippen LogP contribution in [0.1, 0.15) is 94.7 Å². The van der Waals surface area contributed by atoms with Crippen LogP contribution in [0, 0.1) is 11.8 Å². The van der Waals surface area contributed by atoms with E-state index in [1.807, 2.05) is 35.4 Å². The summed E-state index contributed by atoms with van der Waals surface area (Å²) in [6, 6.07) is 16.7. The molecule has 14 heteroatoms. The molecule has 3 aromatic heterocycles. The monoisotopic (exact) mass is 804 g/mol. The molecule has 14 nitrogen and oxygen atoms in total. The minimum absolute atomic E-state index is 0.0600. The molecule has 5 aromatic rings. The lowest BCUT2D eigenvalue weighted by atomic mass is 9.96. The average Bonchev–Trinajstić information content (AvgIpc) is 3.82. The molecule has 9 rings (SSSR count). The number of fused-ring (bicyclic) bond motifs is 3. The van der Waals surface area contributed by atoms with Crippen molar-refractivity contribution in [3.63, 3.8) is 0 Å². The Kier molecular flexibility index (Phi) is 10.7. The van der Waals surface area contributed by atoms with Crippen molar-refractivity contribution >= 4 is 40.3 Å². The lowest BCUT2D eigenvalue weighted by Gasteiger charge is -2.29. The van der Waals surface area contributed by atoms with E-state index in [0.29, 0.717) is 63.4 Å². The Morgan fingerprint density at radius 2 is 1.77 bits per heavy atom. The van der Waals surface area contributed by atoms with E-state index in [1.165, 1.54) is 10.6 Å². The van der Waals surface area contributed by atoms with Crippen molar-refractivity contribution in [2.24, 2.45) is 0 Å². The van der Waals surface area contributed by atoms with E-state index in [-0.39, 0.29) is 42.6 Å². The first-order valence-corrected chi connectivity index (χ1v) is 20.6. The molecule has 7 heterocycles. The number of hydrogen-bond acceptors (Lipinski definition) is 9. The van der Waals surface area contributed by atoms with Crippen molar-refractivity contribution in [1.82, 2.24) is 40.2 Å². The summed E-state index contributed by atoms with van der Waals surface area (Å²) >= 11 is 0. The Morgan fingerprint density at radius 3 is 2.57 bits per heavy atom. The molecule has 1 atom stereocenters. The highest BCUT2D eigenvalue weighted by molar-refractivity contribution is 6.05. The van der Waals surface area contributed by atoms with Crippen LogP contribution in [0.5, 0.6) is 0 Å². The second-order valence-electron chi connectivity index (χ2n) is 15.7. The van der Waals surface area contributed by atoms with Gasteiger partial charge in [0.15, 0.2) is 0 Å². The van der Waals surface area contributed by atoms with E-state index in [0.717, 1.165) is 69.2 Å². The van der Waals surface area contributed by atoms with Gasteiger partial charge in [-0.15, -0.1) is 0 Å². The van der Waals surface area contributed by atoms with Gasteiger partial charge in [-0.1, -0.05) is 36.1 Å². The van der Waals surface area contributed by atoms with E-state index < -0.39 is 11.9 Å². The van der Waals surface area contributed by atoms with Gasteiger partial charge in [0.1, 0.15) is 11.7 Å². The number of amides is 5. The number of rotatable bonds is 8. The maximum absolute atomic E-state index is 13.1. The van der Waals surface area contributed by atoms with Gasteiger partial charge in [0.2, 0.25) is 17.7 Å². The summed E-state index contributed by atoms with van der Waals surface area (Å²) < 4.78 is 7.85. The molecule has 60 heavy (non-hydrogen) atoms. The SMILES string of the molecule is CC(=O)N1CCc2c(c(-c3cccc4cc(-c5ccc(C(=O)NCCCC#Cc6cccc7c6CN(C6CCC(=O)NC6=O)C7=O)nc5)ncc34)nn2C2CCOCC2)C1. The third kappa shape index (κ3) is 7.52. The van der Waals surface area contributed by atoms with E-state index in [4.69, 9.17) is 14.8 Å². The Balaban J connectivity index is 0.832. The second kappa shape index (κ2) is 16.5. The third-order valence-corrected chi connectivity index (χ3v) is 11.9. The molecule has 0 radical (unpaired) electrons.